The third-order valence-electron chi connectivity index (χ3n) is 3.49. The molecule has 0 N–H and O–H groups in total. The minimum Gasteiger partial charge on any atom is -0.497 e. The first kappa shape index (κ1) is 15.4. The predicted molar refractivity (Wildman–Crippen MR) is 91.7 cm³/mol. The summed E-state index contributed by atoms with van der Waals surface area (Å²) < 4.78 is 12.5. The van der Waals surface area contributed by atoms with Crippen LogP contribution >= 0.6 is 11.8 Å². The van der Waals surface area contributed by atoms with E-state index in [1.54, 1.807) is 26.0 Å². The fraction of sp³-hybridized carbons (Fsp3) is 0.176. The molecule has 0 aliphatic carbocycles. The molecule has 5 nitrogen and oxygen atoms in total. The number of methoxy groups -OCH3 is 2. The van der Waals surface area contributed by atoms with Crippen molar-refractivity contribution in [2.24, 2.45) is 0 Å². The predicted octanol–water partition coefficient (Wildman–Crippen LogP) is 3.67. The molecule has 118 valence electrons. The third kappa shape index (κ3) is 3.03. The number of nitrogens with zero attached hydrogens (tertiary/aromatic N) is 3. The third-order valence-corrected chi connectivity index (χ3v) is 4.12. The summed E-state index contributed by atoms with van der Waals surface area (Å²) in [6, 6.07) is 15.6. The molecule has 0 aliphatic heterocycles. The van der Waals surface area contributed by atoms with Crippen LogP contribution in [0.3, 0.4) is 0 Å². The molecule has 0 fully saturated rings. The summed E-state index contributed by atoms with van der Waals surface area (Å²) in [5.41, 5.74) is 1.97. The maximum Gasteiger partial charge on any atom is 0.195 e. The van der Waals surface area contributed by atoms with E-state index in [0.717, 1.165) is 33.7 Å². The lowest BCUT2D eigenvalue weighted by Crippen LogP contribution is -1.99. The number of hydrogen-bond acceptors (Lipinski definition) is 5. The van der Waals surface area contributed by atoms with Crippen molar-refractivity contribution in [2.45, 2.75) is 5.16 Å². The Hall–Kier alpha value is -2.47. The Balaban J connectivity index is 2.08. The Morgan fingerprint density at radius 1 is 0.826 bits per heavy atom. The Bertz CT molecular complexity index is 783. The van der Waals surface area contributed by atoms with Crippen LogP contribution in [0.4, 0.5) is 0 Å². The molecular weight excluding hydrogens is 310 g/mol. The molecule has 0 atom stereocenters. The smallest absolute Gasteiger partial charge is 0.195 e. The first-order valence-corrected chi connectivity index (χ1v) is 8.27. The molecule has 0 unspecified atom stereocenters. The van der Waals surface area contributed by atoms with Gasteiger partial charge in [-0.25, -0.2) is 0 Å². The standard InChI is InChI=1S/C17H17N3O2S/c1-21-14-8-4-12(5-9-14)16-18-19-17(23-3)20(16)13-6-10-15(22-2)11-7-13/h4-11H,1-3H3. The lowest BCUT2D eigenvalue weighted by atomic mass is 10.2. The van der Waals surface area contributed by atoms with E-state index in [9.17, 15) is 0 Å². The highest BCUT2D eigenvalue weighted by atomic mass is 32.2. The zero-order valence-corrected chi connectivity index (χ0v) is 14.0. The Labute approximate surface area is 139 Å². The molecule has 2 aromatic carbocycles. The Morgan fingerprint density at radius 2 is 1.39 bits per heavy atom. The van der Waals surface area contributed by atoms with Gasteiger partial charge >= 0.3 is 0 Å². The maximum atomic E-state index is 5.22. The second kappa shape index (κ2) is 6.75. The largest absolute Gasteiger partial charge is 0.497 e. The molecule has 0 saturated carbocycles. The lowest BCUT2D eigenvalue weighted by Gasteiger charge is -2.10. The minimum atomic E-state index is 0.794. The fourth-order valence-electron chi connectivity index (χ4n) is 2.29. The van der Waals surface area contributed by atoms with Crippen molar-refractivity contribution in [3.63, 3.8) is 0 Å². The highest BCUT2D eigenvalue weighted by Crippen LogP contribution is 2.28. The van der Waals surface area contributed by atoms with Crippen LogP contribution in [0.5, 0.6) is 11.5 Å². The van der Waals surface area contributed by atoms with Crippen LogP contribution < -0.4 is 9.47 Å². The summed E-state index contributed by atoms with van der Waals surface area (Å²) in [5.74, 6) is 2.43. The summed E-state index contributed by atoms with van der Waals surface area (Å²) in [7, 11) is 3.31. The van der Waals surface area contributed by atoms with E-state index in [1.165, 1.54) is 0 Å². The van der Waals surface area contributed by atoms with E-state index >= 15 is 0 Å². The van der Waals surface area contributed by atoms with Crippen molar-refractivity contribution < 1.29 is 9.47 Å². The highest BCUT2D eigenvalue weighted by Gasteiger charge is 2.15. The second-order valence-corrected chi connectivity index (χ2v) is 5.55. The summed E-state index contributed by atoms with van der Waals surface area (Å²) in [4.78, 5) is 0. The van der Waals surface area contributed by atoms with Crippen molar-refractivity contribution in [3.05, 3.63) is 48.5 Å². The molecule has 0 radical (unpaired) electrons. The van der Waals surface area contributed by atoms with Crippen LogP contribution in [0.25, 0.3) is 17.1 Å². The van der Waals surface area contributed by atoms with Gasteiger partial charge in [0.25, 0.3) is 0 Å². The number of benzene rings is 2. The van der Waals surface area contributed by atoms with Crippen LogP contribution in [-0.4, -0.2) is 35.2 Å². The van der Waals surface area contributed by atoms with E-state index in [1.807, 2.05) is 59.4 Å². The summed E-state index contributed by atoms with van der Waals surface area (Å²) in [5, 5.41) is 9.47. The average Bonchev–Trinajstić information content (AvgIpc) is 3.06. The van der Waals surface area contributed by atoms with Gasteiger partial charge in [-0.2, -0.15) is 0 Å². The molecule has 3 aromatic rings. The van der Waals surface area contributed by atoms with Gasteiger partial charge in [0.2, 0.25) is 0 Å². The zero-order valence-electron chi connectivity index (χ0n) is 13.2. The molecular formula is C17H17N3O2S. The minimum absolute atomic E-state index is 0.794. The van der Waals surface area contributed by atoms with Crippen LogP contribution in [0.15, 0.2) is 53.7 Å². The molecule has 0 spiro atoms. The fourth-order valence-corrected chi connectivity index (χ4v) is 2.79. The normalized spacial score (nSPS) is 10.6. The Kier molecular flexibility index (Phi) is 4.52. The summed E-state index contributed by atoms with van der Waals surface area (Å²) in [6.07, 6.45) is 1.99. The van der Waals surface area contributed by atoms with Crippen LogP contribution in [0.1, 0.15) is 0 Å². The highest BCUT2D eigenvalue weighted by molar-refractivity contribution is 7.98. The summed E-state index contributed by atoms with van der Waals surface area (Å²) in [6.45, 7) is 0. The number of rotatable bonds is 5. The van der Waals surface area contributed by atoms with Crippen LogP contribution in [0.2, 0.25) is 0 Å². The van der Waals surface area contributed by atoms with Gasteiger partial charge in [-0.1, -0.05) is 11.8 Å². The van der Waals surface area contributed by atoms with Gasteiger partial charge in [-0.15, -0.1) is 10.2 Å². The SMILES string of the molecule is COc1ccc(-c2nnc(SC)n2-c2ccc(OC)cc2)cc1. The van der Waals surface area contributed by atoms with Gasteiger partial charge in [0.1, 0.15) is 11.5 Å². The molecule has 0 saturated heterocycles. The van der Waals surface area contributed by atoms with Crippen molar-refractivity contribution in [2.75, 3.05) is 20.5 Å². The molecule has 1 heterocycles. The van der Waals surface area contributed by atoms with E-state index in [0.29, 0.717) is 0 Å². The lowest BCUT2D eigenvalue weighted by molar-refractivity contribution is 0.414. The first-order chi connectivity index (χ1) is 11.3. The van der Waals surface area contributed by atoms with Gasteiger partial charge < -0.3 is 9.47 Å². The number of thioether (sulfide) groups is 1. The number of ether oxygens (including phenoxy) is 2. The molecule has 1 aromatic heterocycles. The number of hydrogen-bond donors (Lipinski definition) is 0. The van der Waals surface area contributed by atoms with E-state index < -0.39 is 0 Å². The van der Waals surface area contributed by atoms with Crippen LogP contribution in [0, 0.1) is 0 Å². The molecule has 23 heavy (non-hydrogen) atoms. The monoisotopic (exact) mass is 327 g/mol. The maximum absolute atomic E-state index is 5.22. The zero-order chi connectivity index (χ0) is 16.2. The van der Waals surface area contributed by atoms with E-state index in [4.69, 9.17) is 9.47 Å². The number of aromatic nitrogens is 3. The van der Waals surface area contributed by atoms with Gasteiger partial charge in [0, 0.05) is 11.3 Å². The van der Waals surface area contributed by atoms with Gasteiger partial charge in [-0.05, 0) is 54.8 Å². The van der Waals surface area contributed by atoms with Crippen molar-refractivity contribution in [3.8, 4) is 28.6 Å². The second-order valence-electron chi connectivity index (χ2n) is 4.77. The topological polar surface area (TPSA) is 49.2 Å². The molecule has 0 amide bonds. The Morgan fingerprint density at radius 3 is 1.91 bits per heavy atom. The van der Waals surface area contributed by atoms with Gasteiger partial charge in [0.05, 0.1) is 14.2 Å². The van der Waals surface area contributed by atoms with E-state index in [-0.39, 0.29) is 0 Å². The summed E-state index contributed by atoms with van der Waals surface area (Å²) >= 11 is 1.56. The first-order valence-electron chi connectivity index (χ1n) is 7.05. The molecule has 3 rings (SSSR count). The average molecular weight is 327 g/mol. The van der Waals surface area contributed by atoms with Crippen LogP contribution in [-0.2, 0) is 0 Å². The van der Waals surface area contributed by atoms with Crippen molar-refractivity contribution in [1.29, 1.82) is 0 Å². The molecule has 6 heteroatoms. The quantitative estimate of drug-likeness (QED) is 0.669. The van der Waals surface area contributed by atoms with Crippen molar-refractivity contribution in [1.82, 2.24) is 14.8 Å². The van der Waals surface area contributed by atoms with Gasteiger partial charge in [0.15, 0.2) is 11.0 Å². The molecule has 0 aliphatic rings. The molecule has 0 bridgehead atoms. The van der Waals surface area contributed by atoms with E-state index in [2.05, 4.69) is 10.2 Å². The van der Waals surface area contributed by atoms with Crippen molar-refractivity contribution >= 4 is 11.8 Å². The van der Waals surface area contributed by atoms with Gasteiger partial charge in [-0.3, -0.25) is 4.57 Å².